The number of alkyl halides is 1. The highest BCUT2D eigenvalue weighted by Gasteiger charge is 2.18. The summed E-state index contributed by atoms with van der Waals surface area (Å²) in [5.41, 5.74) is 4.12. The molecule has 3 nitrogen and oxygen atoms in total. The lowest BCUT2D eigenvalue weighted by Gasteiger charge is -2.17. The molecule has 0 radical (unpaired) electrons. The number of aromatic nitrogens is 3. The minimum atomic E-state index is 0.121. The first-order valence-corrected chi connectivity index (χ1v) is 8.08. The Balaban J connectivity index is 2.21. The molecule has 0 bridgehead atoms. The fourth-order valence-corrected chi connectivity index (χ4v) is 3.18. The zero-order valence-corrected chi connectivity index (χ0v) is 14.2. The first-order valence-electron chi connectivity index (χ1n) is 6.75. The Labute approximate surface area is 137 Å². The molecule has 0 N–H and O–H groups in total. The van der Waals surface area contributed by atoms with Gasteiger partial charge < -0.3 is 4.57 Å². The maximum absolute atomic E-state index is 6.10. The van der Waals surface area contributed by atoms with Gasteiger partial charge in [-0.3, -0.25) is 0 Å². The van der Waals surface area contributed by atoms with E-state index in [1.165, 1.54) is 5.56 Å². The molecule has 0 fully saturated rings. The molecule has 5 heteroatoms. The monoisotopic (exact) mass is 363 g/mol. The van der Waals surface area contributed by atoms with Gasteiger partial charge in [-0.2, -0.15) is 0 Å². The number of hydrogen-bond donors (Lipinski definition) is 0. The Morgan fingerprint density at radius 1 is 1.33 bits per heavy atom. The van der Waals surface area contributed by atoms with E-state index in [1.54, 1.807) is 0 Å². The van der Waals surface area contributed by atoms with Crippen molar-refractivity contribution in [3.8, 4) is 0 Å². The Kier molecular flexibility index (Phi) is 4.00. The summed E-state index contributed by atoms with van der Waals surface area (Å²) in [6, 6.07) is 10.4. The van der Waals surface area contributed by atoms with Gasteiger partial charge >= 0.3 is 0 Å². The van der Waals surface area contributed by atoms with Crippen molar-refractivity contribution in [2.75, 3.05) is 0 Å². The fraction of sp³-hybridized carbons (Fsp3) is 0.250. The van der Waals surface area contributed by atoms with E-state index < -0.39 is 0 Å². The summed E-state index contributed by atoms with van der Waals surface area (Å²) in [4.78, 5) is 9.17. The second-order valence-corrected chi connectivity index (χ2v) is 6.25. The molecule has 0 saturated carbocycles. The molecule has 0 aliphatic carbocycles. The fourth-order valence-electron chi connectivity index (χ4n) is 2.57. The number of imidazole rings is 1. The van der Waals surface area contributed by atoms with Crippen LogP contribution in [0.25, 0.3) is 11.2 Å². The number of aryl methyl sites for hydroxylation is 1. The molecule has 0 aliphatic heterocycles. The van der Waals surface area contributed by atoms with Gasteiger partial charge in [-0.1, -0.05) is 28.1 Å². The molecular weight excluding hydrogens is 350 g/mol. The number of halogens is 2. The van der Waals surface area contributed by atoms with E-state index in [0.717, 1.165) is 27.0 Å². The zero-order chi connectivity index (χ0) is 15.0. The number of benzene rings is 1. The van der Waals surface area contributed by atoms with Crippen molar-refractivity contribution >= 4 is 38.7 Å². The molecule has 3 aromatic rings. The Morgan fingerprint density at radius 3 is 2.86 bits per heavy atom. The van der Waals surface area contributed by atoms with Gasteiger partial charge in [0.05, 0.1) is 11.9 Å². The second-order valence-electron chi connectivity index (χ2n) is 5.06. The van der Waals surface area contributed by atoms with Crippen LogP contribution in [0.1, 0.15) is 29.9 Å². The van der Waals surface area contributed by atoms with E-state index >= 15 is 0 Å². The van der Waals surface area contributed by atoms with E-state index in [0.29, 0.717) is 5.88 Å². The molecule has 0 amide bonds. The number of fused-ring (bicyclic) bond motifs is 1. The lowest BCUT2D eigenvalue weighted by Crippen LogP contribution is -2.10. The van der Waals surface area contributed by atoms with Crippen LogP contribution in [0.2, 0.25) is 0 Å². The predicted molar refractivity (Wildman–Crippen MR) is 89.8 cm³/mol. The molecule has 3 rings (SSSR count). The summed E-state index contributed by atoms with van der Waals surface area (Å²) in [6.45, 7) is 4.19. The second kappa shape index (κ2) is 5.78. The molecule has 21 heavy (non-hydrogen) atoms. The van der Waals surface area contributed by atoms with Gasteiger partial charge in [0.15, 0.2) is 5.65 Å². The highest BCUT2D eigenvalue weighted by molar-refractivity contribution is 9.10. The van der Waals surface area contributed by atoms with Gasteiger partial charge in [0.2, 0.25) is 0 Å². The molecule has 0 aliphatic rings. The summed E-state index contributed by atoms with van der Waals surface area (Å²) in [7, 11) is 0. The van der Waals surface area contributed by atoms with Crippen molar-refractivity contribution in [3.63, 3.8) is 0 Å². The highest BCUT2D eigenvalue weighted by Crippen LogP contribution is 2.28. The average Bonchev–Trinajstić information content (AvgIpc) is 2.86. The minimum Gasteiger partial charge on any atom is -0.304 e. The van der Waals surface area contributed by atoms with Gasteiger partial charge in [0.1, 0.15) is 11.3 Å². The van der Waals surface area contributed by atoms with Crippen LogP contribution in [0, 0.1) is 6.92 Å². The standard InChI is InChI=1S/C16H15BrClN3/c1-10-6-7-19-16-15(10)20-14(9-18)21(16)11(2)12-4-3-5-13(17)8-12/h3-8,11H,9H2,1-2H3. The van der Waals surface area contributed by atoms with Gasteiger partial charge in [-0.15, -0.1) is 11.6 Å². The molecule has 0 spiro atoms. The Morgan fingerprint density at radius 2 is 2.14 bits per heavy atom. The predicted octanol–water partition coefficient (Wildman–Crippen LogP) is 4.85. The van der Waals surface area contributed by atoms with Gasteiger partial charge in [-0.05, 0) is 43.2 Å². The van der Waals surface area contributed by atoms with Crippen molar-refractivity contribution in [2.24, 2.45) is 0 Å². The summed E-state index contributed by atoms with van der Waals surface area (Å²) in [5.74, 6) is 1.22. The molecule has 1 aromatic carbocycles. The van der Waals surface area contributed by atoms with Crippen molar-refractivity contribution < 1.29 is 0 Å². The smallest absolute Gasteiger partial charge is 0.160 e. The number of nitrogens with zero attached hydrogens (tertiary/aromatic N) is 3. The molecule has 2 heterocycles. The Bertz CT molecular complexity index is 797. The number of rotatable bonds is 3. The molecule has 1 atom stereocenters. The first-order chi connectivity index (χ1) is 10.1. The third-order valence-electron chi connectivity index (χ3n) is 3.69. The summed E-state index contributed by atoms with van der Waals surface area (Å²) >= 11 is 9.62. The van der Waals surface area contributed by atoms with Crippen LogP contribution in [0.4, 0.5) is 0 Å². The number of pyridine rings is 1. The first kappa shape index (κ1) is 14.5. The van der Waals surface area contributed by atoms with E-state index in [2.05, 4.69) is 49.5 Å². The SMILES string of the molecule is Cc1ccnc2c1nc(CCl)n2C(C)c1cccc(Br)c1. The van der Waals surface area contributed by atoms with Gasteiger partial charge in [-0.25, -0.2) is 9.97 Å². The zero-order valence-electron chi connectivity index (χ0n) is 11.8. The summed E-state index contributed by atoms with van der Waals surface area (Å²) < 4.78 is 3.18. The molecule has 108 valence electrons. The van der Waals surface area contributed by atoms with E-state index in [-0.39, 0.29) is 6.04 Å². The van der Waals surface area contributed by atoms with Gasteiger partial charge in [0, 0.05) is 10.7 Å². The van der Waals surface area contributed by atoms with E-state index in [1.807, 2.05) is 31.3 Å². The molecule has 0 saturated heterocycles. The van der Waals surface area contributed by atoms with Crippen molar-refractivity contribution in [1.82, 2.24) is 14.5 Å². The average molecular weight is 365 g/mol. The third-order valence-corrected chi connectivity index (χ3v) is 4.42. The third kappa shape index (κ3) is 2.58. The van der Waals surface area contributed by atoms with Crippen LogP contribution >= 0.6 is 27.5 Å². The van der Waals surface area contributed by atoms with Crippen LogP contribution in [0.15, 0.2) is 41.0 Å². The highest BCUT2D eigenvalue weighted by atomic mass is 79.9. The minimum absolute atomic E-state index is 0.121. The molecule has 1 unspecified atom stereocenters. The lowest BCUT2D eigenvalue weighted by molar-refractivity contribution is 0.628. The van der Waals surface area contributed by atoms with Crippen molar-refractivity contribution in [1.29, 1.82) is 0 Å². The van der Waals surface area contributed by atoms with E-state index in [4.69, 9.17) is 11.6 Å². The van der Waals surface area contributed by atoms with Crippen LogP contribution in [0.5, 0.6) is 0 Å². The lowest BCUT2D eigenvalue weighted by atomic mass is 10.1. The normalized spacial score (nSPS) is 12.8. The van der Waals surface area contributed by atoms with Crippen molar-refractivity contribution in [3.05, 3.63) is 58.0 Å². The van der Waals surface area contributed by atoms with Gasteiger partial charge in [0.25, 0.3) is 0 Å². The quantitative estimate of drug-likeness (QED) is 0.622. The van der Waals surface area contributed by atoms with Crippen LogP contribution in [-0.2, 0) is 5.88 Å². The van der Waals surface area contributed by atoms with Crippen molar-refractivity contribution in [2.45, 2.75) is 25.8 Å². The van der Waals surface area contributed by atoms with Crippen LogP contribution in [0.3, 0.4) is 0 Å². The van der Waals surface area contributed by atoms with Crippen LogP contribution in [-0.4, -0.2) is 14.5 Å². The maximum atomic E-state index is 6.10. The molecular formula is C16H15BrClN3. The summed E-state index contributed by atoms with van der Waals surface area (Å²) in [5, 5.41) is 0. The van der Waals surface area contributed by atoms with E-state index in [9.17, 15) is 0 Å². The number of hydrogen-bond acceptors (Lipinski definition) is 2. The topological polar surface area (TPSA) is 30.7 Å². The molecule has 2 aromatic heterocycles. The summed E-state index contributed by atoms with van der Waals surface area (Å²) in [6.07, 6.45) is 1.82. The largest absolute Gasteiger partial charge is 0.304 e. The van der Waals surface area contributed by atoms with Crippen LogP contribution < -0.4 is 0 Å². The maximum Gasteiger partial charge on any atom is 0.160 e. The Hall–Kier alpha value is -1.39.